The third kappa shape index (κ3) is 4.01. The van der Waals surface area contributed by atoms with E-state index in [1.54, 1.807) is 0 Å². The van der Waals surface area contributed by atoms with E-state index in [4.69, 9.17) is 4.74 Å². The van der Waals surface area contributed by atoms with Gasteiger partial charge in [0, 0.05) is 5.41 Å². The molecule has 212 valence electrons. The fraction of sp³-hybridized carbons (Fsp3) is 0.966. The van der Waals surface area contributed by atoms with Gasteiger partial charge in [-0.05, 0) is 116 Å². The molecule has 8 heteroatoms. The standard InChI is InChI=1S/C29H49NO6S/c1-6-28-17-29(28)16-19(31)11-14-27(29,4)22-12-13-26(3)20(9-10-21(26)23(22)24(28)32)18(2)8-7-15-36-25(33)30-37(5,34)35/h18-24,31-32H,6-17H2,1-5H3,(H,30,33)/t18-,19-,20?,21?,22?,23?,24+,26-,27-,28?,29+/m1/s1. The molecule has 0 saturated heterocycles. The van der Waals surface area contributed by atoms with E-state index < -0.39 is 16.1 Å². The van der Waals surface area contributed by atoms with Gasteiger partial charge in [-0.1, -0.05) is 27.7 Å². The maximum Gasteiger partial charge on any atom is 0.420 e. The topological polar surface area (TPSA) is 113 Å². The molecule has 5 fully saturated rings. The molecular weight excluding hydrogens is 490 g/mol. The molecule has 5 aliphatic carbocycles. The van der Waals surface area contributed by atoms with Crippen LogP contribution in [0, 0.1) is 51.2 Å². The minimum atomic E-state index is -3.61. The van der Waals surface area contributed by atoms with Crippen molar-refractivity contribution in [1.82, 2.24) is 4.72 Å². The number of nitrogens with one attached hydrogen (secondary N) is 1. The van der Waals surface area contributed by atoms with Gasteiger partial charge in [-0.15, -0.1) is 0 Å². The van der Waals surface area contributed by atoms with E-state index in [1.165, 1.54) is 25.7 Å². The third-order valence-corrected chi connectivity index (χ3v) is 13.4. The molecule has 11 atom stereocenters. The number of hydrogen-bond donors (Lipinski definition) is 3. The van der Waals surface area contributed by atoms with Crippen LogP contribution in [0.25, 0.3) is 0 Å². The zero-order valence-corrected chi connectivity index (χ0v) is 24.3. The summed E-state index contributed by atoms with van der Waals surface area (Å²) < 4.78 is 29.3. The summed E-state index contributed by atoms with van der Waals surface area (Å²) in [6.45, 7) is 9.82. The summed E-state index contributed by atoms with van der Waals surface area (Å²) in [6.07, 6.45) is 11.0. The predicted molar refractivity (Wildman–Crippen MR) is 142 cm³/mol. The van der Waals surface area contributed by atoms with E-state index in [0.717, 1.165) is 44.8 Å². The molecule has 5 rings (SSSR count). The van der Waals surface area contributed by atoms with E-state index >= 15 is 0 Å². The Hall–Kier alpha value is -0.860. The summed E-state index contributed by atoms with van der Waals surface area (Å²) in [4.78, 5) is 11.6. The Bertz CT molecular complexity index is 1020. The van der Waals surface area contributed by atoms with Gasteiger partial charge in [0.25, 0.3) is 0 Å². The molecule has 0 heterocycles. The summed E-state index contributed by atoms with van der Waals surface area (Å²) in [5.41, 5.74) is 0.539. The molecule has 1 amide bonds. The number of aliphatic hydroxyl groups excluding tert-OH is 2. The molecule has 0 bridgehead atoms. The molecule has 1 spiro atoms. The van der Waals surface area contributed by atoms with E-state index in [-0.39, 0.29) is 40.5 Å². The highest BCUT2D eigenvalue weighted by molar-refractivity contribution is 7.89. The Balaban J connectivity index is 1.28. The lowest BCUT2D eigenvalue weighted by Gasteiger charge is -2.64. The van der Waals surface area contributed by atoms with Crippen LogP contribution in [0.5, 0.6) is 0 Å². The van der Waals surface area contributed by atoms with Crippen molar-refractivity contribution in [3.05, 3.63) is 0 Å². The molecule has 3 N–H and O–H groups in total. The molecular formula is C29H49NO6S. The van der Waals surface area contributed by atoms with Crippen molar-refractivity contribution in [2.75, 3.05) is 12.9 Å². The largest absolute Gasteiger partial charge is 0.449 e. The maximum absolute atomic E-state index is 12.1. The van der Waals surface area contributed by atoms with Crippen molar-refractivity contribution in [3.63, 3.8) is 0 Å². The molecule has 0 aromatic heterocycles. The van der Waals surface area contributed by atoms with E-state index in [1.807, 2.05) is 4.72 Å². The molecule has 0 aromatic carbocycles. The first-order chi connectivity index (χ1) is 17.2. The van der Waals surface area contributed by atoms with Crippen LogP contribution in [0.1, 0.15) is 98.3 Å². The normalized spacial score (nSPS) is 49.2. The molecule has 7 nitrogen and oxygen atoms in total. The van der Waals surface area contributed by atoms with E-state index in [2.05, 4.69) is 27.7 Å². The third-order valence-electron chi connectivity index (χ3n) is 12.9. The molecule has 5 saturated carbocycles. The lowest BCUT2D eigenvalue weighted by atomic mass is 9.41. The van der Waals surface area contributed by atoms with Gasteiger partial charge in [-0.2, -0.15) is 0 Å². The number of fused-ring (bicyclic) bond motifs is 4. The maximum atomic E-state index is 12.1. The minimum Gasteiger partial charge on any atom is -0.449 e. The van der Waals surface area contributed by atoms with Crippen LogP contribution in [0.2, 0.25) is 0 Å². The monoisotopic (exact) mass is 539 g/mol. The molecule has 0 radical (unpaired) electrons. The number of ether oxygens (including phenoxy) is 1. The van der Waals surface area contributed by atoms with Gasteiger partial charge in [-0.25, -0.2) is 17.9 Å². The fourth-order valence-electron chi connectivity index (χ4n) is 11.3. The second kappa shape index (κ2) is 9.09. The quantitative estimate of drug-likeness (QED) is 0.398. The smallest absolute Gasteiger partial charge is 0.420 e. The average molecular weight is 540 g/mol. The Labute approximate surface area is 223 Å². The van der Waals surface area contributed by atoms with E-state index in [0.29, 0.717) is 36.0 Å². The highest BCUT2D eigenvalue weighted by Gasteiger charge is 2.83. The highest BCUT2D eigenvalue weighted by Crippen LogP contribution is 2.86. The van der Waals surface area contributed by atoms with Crippen molar-refractivity contribution in [1.29, 1.82) is 0 Å². The summed E-state index contributed by atoms with van der Waals surface area (Å²) in [6, 6.07) is 0. The van der Waals surface area contributed by atoms with Crippen LogP contribution in [0.3, 0.4) is 0 Å². The second-order valence-electron chi connectivity index (χ2n) is 14.2. The second-order valence-corrected chi connectivity index (χ2v) is 15.9. The minimum absolute atomic E-state index is 0.0177. The molecule has 5 unspecified atom stereocenters. The van der Waals surface area contributed by atoms with Crippen LogP contribution >= 0.6 is 0 Å². The van der Waals surface area contributed by atoms with Crippen molar-refractivity contribution in [2.24, 2.45) is 51.2 Å². The lowest BCUT2D eigenvalue weighted by Crippen LogP contribution is -2.62. The lowest BCUT2D eigenvalue weighted by molar-refractivity contribution is -0.203. The van der Waals surface area contributed by atoms with Crippen molar-refractivity contribution in [3.8, 4) is 0 Å². The first kappa shape index (κ1) is 27.7. The summed E-state index contributed by atoms with van der Waals surface area (Å²) in [5.74, 6) is 2.51. The van der Waals surface area contributed by atoms with Crippen LogP contribution in [0.15, 0.2) is 0 Å². The van der Waals surface area contributed by atoms with Gasteiger partial charge >= 0.3 is 6.09 Å². The highest BCUT2D eigenvalue weighted by atomic mass is 32.2. The van der Waals surface area contributed by atoms with Gasteiger partial charge in [0.2, 0.25) is 10.0 Å². The number of carbonyl (C=O) groups is 1. The summed E-state index contributed by atoms with van der Waals surface area (Å²) >= 11 is 0. The van der Waals surface area contributed by atoms with Crippen LogP contribution < -0.4 is 4.72 Å². The van der Waals surface area contributed by atoms with Gasteiger partial charge in [0.1, 0.15) is 0 Å². The van der Waals surface area contributed by atoms with Crippen molar-refractivity contribution >= 4 is 16.1 Å². The first-order valence-electron chi connectivity index (χ1n) is 14.8. The number of hydrogen-bond acceptors (Lipinski definition) is 6. The summed E-state index contributed by atoms with van der Waals surface area (Å²) in [5, 5.41) is 22.8. The Morgan fingerprint density at radius 3 is 2.51 bits per heavy atom. The fourth-order valence-corrected chi connectivity index (χ4v) is 11.6. The number of rotatable bonds is 7. The van der Waals surface area contributed by atoms with Crippen LogP contribution in [-0.2, 0) is 14.8 Å². The SMILES string of the molecule is CCC12C[C@]13C[C@H](O)CC[C@]3(C)C1CC[C@@]3(C)C(CCC3[C@H](C)CCCOC(=O)NS(C)(=O)=O)C1[C@@H]2O. The zero-order chi connectivity index (χ0) is 27.0. The number of amides is 1. The molecule has 5 aliphatic rings. The molecule has 0 aromatic rings. The van der Waals surface area contributed by atoms with Crippen molar-refractivity contribution in [2.45, 2.75) is 111 Å². The van der Waals surface area contributed by atoms with Crippen LogP contribution in [-0.4, -0.2) is 49.8 Å². The van der Waals surface area contributed by atoms with Crippen LogP contribution in [0.4, 0.5) is 4.79 Å². The molecule has 37 heavy (non-hydrogen) atoms. The molecule has 0 aliphatic heterocycles. The van der Waals surface area contributed by atoms with E-state index in [9.17, 15) is 23.4 Å². The van der Waals surface area contributed by atoms with Gasteiger partial charge in [-0.3, -0.25) is 0 Å². The van der Waals surface area contributed by atoms with Gasteiger partial charge in [0.05, 0.1) is 25.1 Å². The first-order valence-corrected chi connectivity index (χ1v) is 16.6. The van der Waals surface area contributed by atoms with Crippen molar-refractivity contribution < 1.29 is 28.2 Å². The zero-order valence-electron chi connectivity index (χ0n) is 23.5. The Kier molecular flexibility index (Phi) is 6.80. The number of carbonyl (C=O) groups excluding carboxylic acids is 1. The summed E-state index contributed by atoms with van der Waals surface area (Å²) in [7, 11) is -3.61. The van der Waals surface area contributed by atoms with Gasteiger partial charge in [0.15, 0.2) is 0 Å². The Morgan fingerprint density at radius 2 is 1.84 bits per heavy atom. The average Bonchev–Trinajstić information content (AvgIpc) is 3.35. The number of aliphatic hydroxyl groups is 2. The Morgan fingerprint density at radius 1 is 1.11 bits per heavy atom. The number of sulfonamides is 1. The van der Waals surface area contributed by atoms with Gasteiger partial charge < -0.3 is 14.9 Å². The predicted octanol–water partition coefficient (Wildman–Crippen LogP) is 4.86.